The van der Waals surface area contributed by atoms with Crippen LogP contribution in [0.5, 0.6) is 0 Å². The average Bonchev–Trinajstić information content (AvgIpc) is 3.82. The van der Waals surface area contributed by atoms with Gasteiger partial charge in [0.25, 0.3) is 0 Å². The first kappa shape index (κ1) is 31.7. The molecule has 57 heavy (non-hydrogen) atoms. The van der Waals surface area contributed by atoms with Gasteiger partial charge in [-0.05, 0) is 105 Å². The molecule has 0 fully saturated rings. The van der Waals surface area contributed by atoms with Gasteiger partial charge in [0.2, 0.25) is 0 Å². The third-order valence-corrected chi connectivity index (χ3v) is 11.7. The van der Waals surface area contributed by atoms with Crippen molar-refractivity contribution in [1.82, 2.24) is 4.57 Å². The molecule has 0 N–H and O–H groups in total. The van der Waals surface area contributed by atoms with Crippen molar-refractivity contribution in [3.63, 3.8) is 0 Å². The largest absolute Gasteiger partial charge is 0.456 e. The molecule has 2 heterocycles. The maximum atomic E-state index is 6.84. The highest BCUT2D eigenvalue weighted by molar-refractivity contribution is 6.24. The van der Waals surface area contributed by atoms with Gasteiger partial charge in [-0.25, -0.2) is 0 Å². The van der Waals surface area contributed by atoms with Crippen LogP contribution in [0, 0.1) is 0 Å². The molecule has 0 amide bonds. The van der Waals surface area contributed by atoms with Crippen molar-refractivity contribution < 1.29 is 4.42 Å². The molecular formula is C54H34N2O. The van der Waals surface area contributed by atoms with Gasteiger partial charge < -0.3 is 13.9 Å². The zero-order valence-corrected chi connectivity index (χ0v) is 30.9. The Bertz CT molecular complexity index is 3520. The average molecular weight is 727 g/mol. The smallest absolute Gasteiger partial charge is 0.136 e. The molecular weight excluding hydrogens is 693 g/mol. The van der Waals surface area contributed by atoms with E-state index >= 15 is 0 Å². The summed E-state index contributed by atoms with van der Waals surface area (Å²) >= 11 is 0. The maximum absolute atomic E-state index is 6.84. The van der Waals surface area contributed by atoms with Crippen molar-refractivity contribution in [2.75, 3.05) is 4.90 Å². The van der Waals surface area contributed by atoms with E-state index in [0.29, 0.717) is 0 Å². The summed E-state index contributed by atoms with van der Waals surface area (Å²) in [5.41, 5.74) is 10.9. The molecule has 0 atom stereocenters. The van der Waals surface area contributed by atoms with Gasteiger partial charge in [0, 0.05) is 49.9 Å². The number of para-hydroxylation sites is 4. The second kappa shape index (κ2) is 12.5. The molecule has 0 radical (unpaired) electrons. The van der Waals surface area contributed by atoms with Gasteiger partial charge in [0.1, 0.15) is 11.2 Å². The highest BCUT2D eigenvalue weighted by Gasteiger charge is 2.22. The monoisotopic (exact) mass is 726 g/mol. The van der Waals surface area contributed by atoms with Gasteiger partial charge in [-0.15, -0.1) is 0 Å². The molecule has 0 saturated carbocycles. The number of benzene rings is 10. The summed E-state index contributed by atoms with van der Waals surface area (Å²) in [5.74, 6) is 0. The Hall–Kier alpha value is -7.62. The van der Waals surface area contributed by atoms with Crippen LogP contribution in [-0.4, -0.2) is 4.57 Å². The van der Waals surface area contributed by atoms with E-state index in [4.69, 9.17) is 4.42 Å². The van der Waals surface area contributed by atoms with E-state index in [1.165, 1.54) is 59.7 Å². The zero-order valence-electron chi connectivity index (χ0n) is 30.9. The minimum atomic E-state index is 0.866. The Morgan fingerprint density at radius 2 is 0.965 bits per heavy atom. The first-order valence-corrected chi connectivity index (χ1v) is 19.5. The van der Waals surface area contributed by atoms with E-state index in [9.17, 15) is 0 Å². The lowest BCUT2D eigenvalue weighted by atomic mass is 9.93. The summed E-state index contributed by atoms with van der Waals surface area (Å²) < 4.78 is 9.25. The molecule has 12 rings (SSSR count). The lowest BCUT2D eigenvalue weighted by Crippen LogP contribution is -2.09. The van der Waals surface area contributed by atoms with Gasteiger partial charge in [-0.2, -0.15) is 0 Å². The van der Waals surface area contributed by atoms with Crippen LogP contribution in [0.1, 0.15) is 0 Å². The third-order valence-electron chi connectivity index (χ3n) is 11.7. The first-order valence-electron chi connectivity index (χ1n) is 19.5. The summed E-state index contributed by atoms with van der Waals surface area (Å²) in [6, 6.07) is 74.4. The van der Waals surface area contributed by atoms with E-state index in [2.05, 4.69) is 216 Å². The molecule has 0 spiro atoms. The van der Waals surface area contributed by atoms with Crippen molar-refractivity contribution in [2.45, 2.75) is 0 Å². The summed E-state index contributed by atoms with van der Waals surface area (Å²) in [6.07, 6.45) is 0. The van der Waals surface area contributed by atoms with Crippen LogP contribution < -0.4 is 4.90 Å². The number of fused-ring (bicyclic) bond motifs is 11. The van der Waals surface area contributed by atoms with Crippen molar-refractivity contribution >= 4 is 93.1 Å². The van der Waals surface area contributed by atoms with Crippen LogP contribution >= 0.6 is 0 Å². The van der Waals surface area contributed by atoms with Gasteiger partial charge in [-0.3, -0.25) is 0 Å². The minimum Gasteiger partial charge on any atom is -0.456 e. The fourth-order valence-electron chi connectivity index (χ4n) is 9.23. The molecule has 266 valence electrons. The normalized spacial score (nSPS) is 11.9. The van der Waals surface area contributed by atoms with Crippen molar-refractivity contribution in [3.05, 3.63) is 206 Å². The van der Waals surface area contributed by atoms with Gasteiger partial charge in [0.15, 0.2) is 0 Å². The van der Waals surface area contributed by atoms with Crippen LogP contribution in [0.3, 0.4) is 0 Å². The number of rotatable bonds is 5. The highest BCUT2D eigenvalue weighted by atomic mass is 16.3. The molecule has 12 aromatic rings. The van der Waals surface area contributed by atoms with Crippen molar-refractivity contribution in [2.24, 2.45) is 0 Å². The number of hydrogen-bond acceptors (Lipinski definition) is 2. The molecule has 0 unspecified atom stereocenters. The SMILES string of the molecule is c1ccc(N(c2ccc3ccc4ccccc4c3c2)c2ccc3oc4cc(-c5cccc6c7ccccc7n(-c7ccccc7)c56)c5ccccc5c4c3c2)cc1. The Labute approximate surface area is 328 Å². The fraction of sp³-hybridized carbons (Fsp3) is 0. The lowest BCUT2D eigenvalue weighted by molar-refractivity contribution is 0.669. The first-order chi connectivity index (χ1) is 28.3. The molecule has 0 aliphatic carbocycles. The highest BCUT2D eigenvalue weighted by Crippen LogP contribution is 2.46. The van der Waals surface area contributed by atoms with Crippen LogP contribution in [0.25, 0.3) is 92.9 Å². The van der Waals surface area contributed by atoms with Crippen molar-refractivity contribution in [1.29, 1.82) is 0 Å². The molecule has 0 saturated heterocycles. The third kappa shape index (κ3) is 4.86. The molecule has 10 aromatic carbocycles. The molecule has 0 bridgehead atoms. The number of nitrogens with zero attached hydrogens (tertiary/aromatic N) is 2. The summed E-state index contributed by atoms with van der Waals surface area (Å²) in [5, 5.41) is 12.0. The second-order valence-electron chi connectivity index (χ2n) is 14.9. The van der Waals surface area contributed by atoms with E-state index in [0.717, 1.165) is 50.3 Å². The quantitative estimate of drug-likeness (QED) is 0.165. The predicted molar refractivity (Wildman–Crippen MR) is 241 cm³/mol. The van der Waals surface area contributed by atoms with Gasteiger partial charge >= 0.3 is 0 Å². The lowest BCUT2D eigenvalue weighted by Gasteiger charge is -2.26. The number of aromatic nitrogens is 1. The molecule has 3 nitrogen and oxygen atoms in total. The summed E-state index contributed by atoms with van der Waals surface area (Å²) in [4.78, 5) is 2.36. The predicted octanol–water partition coefficient (Wildman–Crippen LogP) is 15.3. The summed E-state index contributed by atoms with van der Waals surface area (Å²) in [7, 11) is 0. The number of anilines is 3. The van der Waals surface area contributed by atoms with Crippen LogP contribution in [-0.2, 0) is 0 Å². The number of furan rings is 1. The number of hydrogen-bond donors (Lipinski definition) is 0. The Kier molecular flexibility index (Phi) is 6.93. The fourth-order valence-corrected chi connectivity index (χ4v) is 9.23. The zero-order chi connectivity index (χ0) is 37.5. The second-order valence-corrected chi connectivity index (χ2v) is 14.9. The van der Waals surface area contributed by atoms with Gasteiger partial charge in [-0.1, -0.05) is 140 Å². The minimum absolute atomic E-state index is 0.866. The van der Waals surface area contributed by atoms with Crippen molar-refractivity contribution in [3.8, 4) is 16.8 Å². The topological polar surface area (TPSA) is 21.3 Å². The van der Waals surface area contributed by atoms with E-state index < -0.39 is 0 Å². The van der Waals surface area contributed by atoms with Gasteiger partial charge in [0.05, 0.1) is 11.0 Å². The Balaban J connectivity index is 1.10. The van der Waals surface area contributed by atoms with Crippen LogP contribution in [0.15, 0.2) is 211 Å². The van der Waals surface area contributed by atoms with Crippen LogP contribution in [0.2, 0.25) is 0 Å². The van der Waals surface area contributed by atoms with E-state index in [-0.39, 0.29) is 0 Å². The van der Waals surface area contributed by atoms with E-state index in [1.54, 1.807) is 0 Å². The van der Waals surface area contributed by atoms with E-state index in [1.807, 2.05) is 0 Å². The molecule has 2 aromatic heterocycles. The summed E-state index contributed by atoms with van der Waals surface area (Å²) in [6.45, 7) is 0. The van der Waals surface area contributed by atoms with Crippen LogP contribution in [0.4, 0.5) is 17.1 Å². The molecule has 0 aliphatic heterocycles. The Morgan fingerprint density at radius 3 is 1.79 bits per heavy atom. The molecule has 0 aliphatic rings. The standard InChI is InChI=1S/C54H34N2O/c1-3-15-37(16-4-1)55(39-29-28-36-27-26-35-14-7-8-19-41(35)47(36)32-39)40-30-31-51-49(33-40)53-44-22-10-9-20-42(44)48(34-52(53)57-51)46-24-13-23-45-43-21-11-12-25-50(43)56(54(45)46)38-17-5-2-6-18-38/h1-34H. The maximum Gasteiger partial charge on any atom is 0.136 e. The molecule has 3 heteroatoms. The Morgan fingerprint density at radius 1 is 0.351 bits per heavy atom.